The first-order valence-corrected chi connectivity index (χ1v) is 31.2. The summed E-state index contributed by atoms with van der Waals surface area (Å²) in [5.74, 6) is -7.37. The predicted octanol–water partition coefficient (Wildman–Crippen LogP) is -7.77. The van der Waals surface area contributed by atoms with Gasteiger partial charge in [0, 0.05) is 49.6 Å². The van der Waals surface area contributed by atoms with Crippen LogP contribution in [0, 0.1) is 13.8 Å². The number of ether oxygens (including phenoxy) is 6. The summed E-state index contributed by atoms with van der Waals surface area (Å²) in [7, 11) is 0. The molecule has 0 bridgehead atoms. The minimum absolute atomic E-state index is 0.0771. The molecule has 0 aliphatic rings. The zero-order valence-corrected chi connectivity index (χ0v) is 54.5. The number of hydrogen-bond acceptors (Lipinski definition) is 32. The van der Waals surface area contributed by atoms with E-state index in [1.165, 1.54) is 44.2 Å². The van der Waals surface area contributed by atoms with Gasteiger partial charge in [-0.25, -0.2) is 4.79 Å². The third kappa shape index (κ3) is 25.0. The number of carboxylic acid groups (broad SMARTS) is 1. The lowest BCUT2D eigenvalue weighted by molar-refractivity contribution is -0.197. The molecule has 21 N–H and O–H groups in total. The summed E-state index contributed by atoms with van der Waals surface area (Å²) >= 11 is 0. The zero-order chi connectivity index (χ0) is 73.3. The number of aromatic hydroxyl groups is 2. The molecule has 0 aliphatic heterocycles. The molecule has 3 aromatic rings. The molecular formula is C61H97N7O30. The van der Waals surface area contributed by atoms with Crippen molar-refractivity contribution in [2.45, 2.75) is 112 Å². The van der Waals surface area contributed by atoms with Crippen LogP contribution in [-0.4, -0.2) is 352 Å². The van der Waals surface area contributed by atoms with Crippen molar-refractivity contribution in [2.24, 2.45) is 11.5 Å². The molecule has 0 spiro atoms. The Bertz CT molecular complexity index is 2840. The van der Waals surface area contributed by atoms with Gasteiger partial charge in [-0.05, 0) is 51.0 Å². The van der Waals surface area contributed by atoms with E-state index in [-0.39, 0.29) is 23.4 Å². The van der Waals surface area contributed by atoms with E-state index in [4.69, 9.17) is 39.9 Å². The number of pyridine rings is 2. The van der Waals surface area contributed by atoms with Crippen molar-refractivity contribution in [3.8, 4) is 11.5 Å². The van der Waals surface area contributed by atoms with E-state index in [9.17, 15) is 111 Å². The minimum atomic E-state index is -2.29. The number of carbonyl (C=O) groups is 5. The summed E-state index contributed by atoms with van der Waals surface area (Å²) in [6, 6.07) is -2.45. The molecule has 0 radical (unpaired) electrons. The summed E-state index contributed by atoms with van der Waals surface area (Å²) in [6.45, 7) is -13.4. The molecule has 37 heteroatoms. The second kappa shape index (κ2) is 44.6. The molecule has 0 fully saturated rings. The van der Waals surface area contributed by atoms with Crippen LogP contribution in [0.3, 0.4) is 0 Å². The SMILES string of the molecule is Cc1cc(C(=O)C(N)CN(CC(N)C(=O)c2cc(C)n(C(COC(CO)CO)COC(CO)CO)c(=O)c2O)CC(CCCC(=O)O)N(C(=O)c2ccccc2)C(=O)N(CCO)C(COC(CO)CO)C(O)OC(CO)CO)c(O)c(=O)n1C(COC(CO)CO)COC(CO)CO. The molecule has 0 saturated carbocycles. The Balaban J connectivity index is 2.45. The molecule has 5 atom stereocenters. The number of aliphatic hydroxyl groups is 14. The van der Waals surface area contributed by atoms with Gasteiger partial charge in [-0.2, -0.15) is 0 Å². The van der Waals surface area contributed by atoms with Gasteiger partial charge in [0.15, 0.2) is 29.4 Å². The summed E-state index contributed by atoms with van der Waals surface area (Å²) < 4.78 is 35.2. The maximum Gasteiger partial charge on any atom is 0.327 e. The maximum absolute atomic E-state index is 15.7. The second-order valence-electron chi connectivity index (χ2n) is 22.8. The third-order valence-corrected chi connectivity index (χ3v) is 15.6. The van der Waals surface area contributed by atoms with Gasteiger partial charge < -0.3 is 141 Å². The molecule has 1 aromatic carbocycles. The lowest BCUT2D eigenvalue weighted by Gasteiger charge is -2.41. The van der Waals surface area contributed by atoms with E-state index in [2.05, 4.69) is 0 Å². The monoisotopic (exact) mass is 1410 g/mol. The number of hydrogen-bond donors (Lipinski definition) is 19. The molecule has 3 rings (SSSR count). The number of aromatic nitrogens is 2. The number of aryl methyl sites for hydroxylation is 2. The van der Waals surface area contributed by atoms with Gasteiger partial charge in [0.1, 0.15) is 42.7 Å². The van der Waals surface area contributed by atoms with E-state index in [1.54, 1.807) is 0 Å². The first kappa shape index (κ1) is 85.8. The summed E-state index contributed by atoms with van der Waals surface area (Å²) in [6.07, 6.45) is -11.4. The first-order valence-electron chi connectivity index (χ1n) is 31.2. The van der Waals surface area contributed by atoms with Crippen molar-refractivity contribution >= 4 is 29.5 Å². The number of aliphatic carboxylic acids is 1. The number of amides is 3. The van der Waals surface area contributed by atoms with Crippen LogP contribution in [-0.2, 0) is 33.2 Å². The topological polar surface area (TPSA) is 590 Å². The number of imide groups is 1. The number of carbonyl (C=O) groups excluding carboxylic acids is 4. The number of Topliss-reactive ketones (excluding diaryl/α,β-unsaturated/α-hetero) is 2. The Kier molecular flexibility index (Phi) is 39.1. The first-order chi connectivity index (χ1) is 46.8. The van der Waals surface area contributed by atoms with Crippen molar-refractivity contribution in [1.29, 1.82) is 0 Å². The van der Waals surface area contributed by atoms with Crippen LogP contribution in [0.15, 0.2) is 52.1 Å². The Morgan fingerprint density at radius 1 is 0.531 bits per heavy atom. The lowest BCUT2D eigenvalue weighted by atomic mass is 9.99. The number of benzene rings is 1. The van der Waals surface area contributed by atoms with Crippen molar-refractivity contribution in [3.05, 3.63) is 91.3 Å². The number of carboxylic acids is 1. The quantitative estimate of drug-likeness (QED) is 0.0184. The molecule has 2 aromatic heterocycles. The maximum atomic E-state index is 15.7. The van der Waals surface area contributed by atoms with Gasteiger partial charge in [0.2, 0.25) is 0 Å². The van der Waals surface area contributed by atoms with E-state index >= 15 is 9.59 Å². The Hall–Kier alpha value is -6.45. The molecule has 2 heterocycles. The van der Waals surface area contributed by atoms with Gasteiger partial charge in [0.05, 0.1) is 160 Å². The van der Waals surface area contributed by atoms with Crippen LogP contribution in [0.1, 0.15) is 73.8 Å². The van der Waals surface area contributed by atoms with Crippen LogP contribution in [0.4, 0.5) is 4.79 Å². The highest BCUT2D eigenvalue weighted by Gasteiger charge is 2.42. The fraction of sp³-hybridized carbons (Fsp3) is 0.656. The average molecular weight is 1410 g/mol. The molecule has 0 saturated heterocycles. The van der Waals surface area contributed by atoms with Crippen LogP contribution in [0.5, 0.6) is 11.5 Å². The van der Waals surface area contributed by atoms with Crippen molar-refractivity contribution in [1.82, 2.24) is 23.8 Å². The number of aliphatic hydroxyl groups excluding tert-OH is 14. The molecule has 37 nitrogen and oxygen atoms in total. The standard InChI is InChI=1S/C61H97N7O30/c1-35-13-47(55(86)58(89)66(35)39(30-93-41(18-70)19-71)31-94-42(20-72)21-73)53(84)49(62)16-64(17-50(63)54(85)48-14-36(2)67(59(90)56(48)87)40(32-95-43(22-74)23-75)33-96-44(24-76)25-77)15-38(9-6-10-52(82)83)68(57(88)37-7-4-3-5-8-37)61(92)65(11-12-69)51(34-97-45(26-78)27-79)60(91)98-46(28-80)29-81/h3-5,7-8,13-14,38-46,49-51,60,69-81,86-87,91H,6,9-12,15-34,62-63H2,1-2H3,(H,82,83). The number of rotatable bonds is 51. The van der Waals surface area contributed by atoms with Crippen LogP contribution >= 0.6 is 0 Å². The molecule has 98 heavy (non-hydrogen) atoms. The molecule has 5 unspecified atom stereocenters. The minimum Gasteiger partial charge on any atom is -0.503 e. The summed E-state index contributed by atoms with van der Waals surface area (Å²) in [4.78, 5) is 104. The second-order valence-corrected chi connectivity index (χ2v) is 22.8. The van der Waals surface area contributed by atoms with Gasteiger partial charge >= 0.3 is 12.0 Å². The Morgan fingerprint density at radius 2 is 0.898 bits per heavy atom. The van der Waals surface area contributed by atoms with Crippen LogP contribution < -0.4 is 22.6 Å². The highest BCUT2D eigenvalue weighted by molar-refractivity contribution is 6.05. The Labute approximate surface area is 562 Å². The zero-order valence-electron chi connectivity index (χ0n) is 54.5. The van der Waals surface area contributed by atoms with Gasteiger partial charge in [-0.15, -0.1) is 0 Å². The highest BCUT2D eigenvalue weighted by atomic mass is 16.6. The van der Waals surface area contributed by atoms with E-state index in [0.717, 1.165) is 26.2 Å². The van der Waals surface area contributed by atoms with Crippen LogP contribution in [0.2, 0.25) is 0 Å². The van der Waals surface area contributed by atoms with Gasteiger partial charge in [0.25, 0.3) is 17.0 Å². The van der Waals surface area contributed by atoms with E-state index in [0.29, 0.717) is 9.80 Å². The number of ketones is 2. The average Bonchev–Trinajstić information content (AvgIpc) is 0.804. The number of nitrogens with two attached hydrogens (primary N) is 2. The van der Waals surface area contributed by atoms with E-state index < -0.39 is 300 Å². The normalized spacial score (nSPS) is 13.7. The number of urea groups is 1. The van der Waals surface area contributed by atoms with Crippen molar-refractivity contribution < 1.29 is 139 Å². The predicted molar refractivity (Wildman–Crippen MR) is 339 cm³/mol. The molecule has 556 valence electrons. The van der Waals surface area contributed by atoms with Gasteiger partial charge in [-0.3, -0.25) is 38.6 Å². The van der Waals surface area contributed by atoms with E-state index in [1.807, 2.05) is 0 Å². The van der Waals surface area contributed by atoms with Crippen LogP contribution in [0.25, 0.3) is 0 Å². The fourth-order valence-corrected chi connectivity index (χ4v) is 10.2. The van der Waals surface area contributed by atoms with Crippen molar-refractivity contribution in [3.63, 3.8) is 0 Å². The summed E-state index contributed by atoms with van der Waals surface area (Å²) in [5.41, 5.74) is 9.10. The molecular weight excluding hydrogens is 1310 g/mol. The fourth-order valence-electron chi connectivity index (χ4n) is 10.2. The Morgan fingerprint density at radius 3 is 1.24 bits per heavy atom. The number of nitrogens with zero attached hydrogens (tertiary/aromatic N) is 5. The highest BCUT2D eigenvalue weighted by Crippen LogP contribution is 2.26. The molecule has 0 aliphatic carbocycles. The summed E-state index contributed by atoms with van der Waals surface area (Å²) in [5, 5.41) is 173. The van der Waals surface area contributed by atoms with Crippen molar-refractivity contribution in [2.75, 3.05) is 145 Å². The molecule has 3 amide bonds. The largest absolute Gasteiger partial charge is 0.503 e. The smallest absolute Gasteiger partial charge is 0.327 e. The van der Waals surface area contributed by atoms with Gasteiger partial charge in [-0.1, -0.05) is 18.2 Å². The third-order valence-electron chi connectivity index (χ3n) is 15.6. The lowest BCUT2D eigenvalue weighted by Crippen LogP contribution is -2.61.